The summed E-state index contributed by atoms with van der Waals surface area (Å²) < 4.78 is 11.7. The molecule has 0 radical (unpaired) electrons. The number of aromatic amines is 1. The number of fused-ring (bicyclic) bond motifs is 1. The highest BCUT2D eigenvalue weighted by Crippen LogP contribution is 2.35. The molecule has 5 heteroatoms. The summed E-state index contributed by atoms with van der Waals surface area (Å²) in [6.45, 7) is 5.50. The van der Waals surface area contributed by atoms with Gasteiger partial charge in [0.15, 0.2) is 6.29 Å². The van der Waals surface area contributed by atoms with E-state index in [4.69, 9.17) is 9.31 Å². The molecule has 1 aromatic carbocycles. The molecule has 1 N–H and O–H groups in total. The van der Waals surface area contributed by atoms with Gasteiger partial charge in [0.2, 0.25) is 0 Å². The lowest BCUT2D eigenvalue weighted by Gasteiger charge is -2.30. The van der Waals surface area contributed by atoms with Gasteiger partial charge in [0, 0.05) is 11.7 Å². The van der Waals surface area contributed by atoms with Crippen molar-refractivity contribution in [1.82, 2.24) is 4.98 Å². The summed E-state index contributed by atoms with van der Waals surface area (Å²) in [5, 5.41) is 1.10. The molecule has 1 saturated heterocycles. The Hall–Kier alpha value is -1.59. The minimum Gasteiger partial charge on any atom is -0.399 e. The molecule has 0 bridgehead atoms. The van der Waals surface area contributed by atoms with Gasteiger partial charge in [-0.15, -0.1) is 0 Å². The highest BCUT2D eigenvalue weighted by atomic mass is 16.7. The quantitative estimate of drug-likeness (QED) is 0.657. The highest BCUT2D eigenvalue weighted by Gasteiger charge is 2.54. The number of benzene rings is 1. The molecule has 0 aliphatic carbocycles. The normalized spacial score (nSPS) is 25.9. The lowest BCUT2D eigenvalue weighted by molar-refractivity contribution is -0.126. The van der Waals surface area contributed by atoms with Gasteiger partial charge >= 0.3 is 7.12 Å². The Morgan fingerprint density at radius 3 is 2.68 bits per heavy atom. The van der Waals surface area contributed by atoms with Gasteiger partial charge in [0.05, 0.1) is 5.60 Å². The van der Waals surface area contributed by atoms with Crippen molar-refractivity contribution in [3.05, 3.63) is 30.5 Å². The first-order valence-corrected chi connectivity index (χ1v) is 6.34. The third-order valence-electron chi connectivity index (χ3n) is 4.02. The monoisotopic (exact) mass is 257 g/mol. The van der Waals surface area contributed by atoms with Crippen LogP contribution in [0.5, 0.6) is 0 Å². The van der Waals surface area contributed by atoms with E-state index >= 15 is 0 Å². The van der Waals surface area contributed by atoms with Crippen molar-refractivity contribution in [2.45, 2.75) is 32.0 Å². The summed E-state index contributed by atoms with van der Waals surface area (Å²) in [4.78, 5) is 14.4. The van der Waals surface area contributed by atoms with Gasteiger partial charge in [-0.25, -0.2) is 0 Å². The number of rotatable bonds is 2. The van der Waals surface area contributed by atoms with Crippen molar-refractivity contribution in [3.63, 3.8) is 0 Å². The second-order valence-corrected chi connectivity index (χ2v) is 5.63. The molecule has 1 aromatic heterocycles. The van der Waals surface area contributed by atoms with Crippen molar-refractivity contribution >= 4 is 29.8 Å². The van der Waals surface area contributed by atoms with E-state index in [1.807, 2.05) is 44.3 Å². The van der Waals surface area contributed by atoms with Crippen LogP contribution in [0, 0.1) is 0 Å². The number of carbonyl (C=O) groups excluding carboxylic acids is 1. The summed E-state index contributed by atoms with van der Waals surface area (Å²) in [7, 11) is -0.510. The zero-order valence-corrected chi connectivity index (χ0v) is 11.3. The smallest absolute Gasteiger partial charge is 0.399 e. The van der Waals surface area contributed by atoms with Crippen LogP contribution in [-0.2, 0) is 14.1 Å². The standard InChI is InChI=1S/C14H16BNO3/c1-13(2)14(3,9-17)19-15(18-13)11-4-5-12-10(8-11)6-7-16-12/h4-9,16H,1-3H3. The summed E-state index contributed by atoms with van der Waals surface area (Å²) >= 11 is 0. The van der Waals surface area contributed by atoms with E-state index in [1.54, 1.807) is 6.92 Å². The van der Waals surface area contributed by atoms with Gasteiger partial charge in [0.25, 0.3) is 0 Å². The molecule has 4 nitrogen and oxygen atoms in total. The summed E-state index contributed by atoms with van der Waals surface area (Å²) in [5.74, 6) is 0. The second kappa shape index (κ2) is 3.95. The van der Waals surface area contributed by atoms with Crippen LogP contribution in [-0.4, -0.2) is 29.6 Å². The number of hydrogen-bond donors (Lipinski definition) is 1. The maximum atomic E-state index is 11.3. The molecule has 19 heavy (non-hydrogen) atoms. The first kappa shape index (κ1) is 12.4. The Balaban J connectivity index is 1.97. The number of nitrogens with one attached hydrogen (secondary N) is 1. The zero-order chi connectivity index (χ0) is 13.7. The van der Waals surface area contributed by atoms with E-state index in [0.29, 0.717) is 0 Å². The molecule has 1 atom stereocenters. The van der Waals surface area contributed by atoms with Gasteiger partial charge in [-0.2, -0.15) is 0 Å². The number of H-pyrrole nitrogens is 1. The molecular formula is C14H16BNO3. The molecule has 98 valence electrons. The van der Waals surface area contributed by atoms with Gasteiger partial charge < -0.3 is 19.1 Å². The van der Waals surface area contributed by atoms with Crippen LogP contribution >= 0.6 is 0 Å². The van der Waals surface area contributed by atoms with Crippen LogP contribution in [0.4, 0.5) is 0 Å². The third kappa shape index (κ3) is 1.81. The first-order valence-electron chi connectivity index (χ1n) is 6.34. The molecule has 2 aromatic rings. The number of hydrogen-bond acceptors (Lipinski definition) is 3. The average Bonchev–Trinajstić information content (AvgIpc) is 2.92. The lowest BCUT2D eigenvalue weighted by atomic mass is 9.79. The third-order valence-corrected chi connectivity index (χ3v) is 4.02. The van der Waals surface area contributed by atoms with Crippen molar-refractivity contribution in [1.29, 1.82) is 0 Å². The summed E-state index contributed by atoms with van der Waals surface area (Å²) in [6, 6.07) is 7.96. The SMILES string of the molecule is CC1(C)OB(c2ccc3[nH]ccc3c2)OC1(C)C=O. The Labute approximate surface area is 112 Å². The molecule has 1 fully saturated rings. The maximum Gasteiger partial charge on any atom is 0.495 e. The number of carbonyl (C=O) groups is 1. The number of aldehydes is 1. The van der Waals surface area contributed by atoms with Gasteiger partial charge in [0.1, 0.15) is 5.60 Å². The van der Waals surface area contributed by atoms with Crippen molar-refractivity contribution in [2.75, 3.05) is 0 Å². The number of aromatic nitrogens is 1. The largest absolute Gasteiger partial charge is 0.495 e. The molecular weight excluding hydrogens is 241 g/mol. The maximum absolute atomic E-state index is 11.3. The fourth-order valence-electron chi connectivity index (χ4n) is 2.30. The molecule has 0 spiro atoms. The molecule has 1 unspecified atom stereocenters. The lowest BCUT2D eigenvalue weighted by Crippen LogP contribution is -2.46. The molecule has 1 aliphatic heterocycles. The first-order chi connectivity index (χ1) is 8.95. The van der Waals surface area contributed by atoms with Crippen molar-refractivity contribution in [2.24, 2.45) is 0 Å². The van der Waals surface area contributed by atoms with Gasteiger partial charge in [-0.3, -0.25) is 0 Å². The minimum absolute atomic E-state index is 0.510. The predicted molar refractivity (Wildman–Crippen MR) is 74.4 cm³/mol. The average molecular weight is 257 g/mol. The van der Waals surface area contributed by atoms with E-state index in [-0.39, 0.29) is 0 Å². The van der Waals surface area contributed by atoms with Crippen LogP contribution < -0.4 is 5.46 Å². The Morgan fingerprint density at radius 1 is 1.21 bits per heavy atom. The van der Waals surface area contributed by atoms with Crippen LogP contribution in [0.3, 0.4) is 0 Å². The fourth-order valence-corrected chi connectivity index (χ4v) is 2.30. The molecule has 3 rings (SSSR count). The van der Waals surface area contributed by atoms with E-state index < -0.39 is 18.3 Å². The molecule has 2 heterocycles. The van der Waals surface area contributed by atoms with Crippen molar-refractivity contribution in [3.8, 4) is 0 Å². The Bertz CT molecular complexity index is 636. The second-order valence-electron chi connectivity index (χ2n) is 5.63. The minimum atomic E-state index is -0.926. The predicted octanol–water partition coefficient (Wildman–Crippen LogP) is 1.65. The fraction of sp³-hybridized carbons (Fsp3) is 0.357. The Kier molecular flexibility index (Phi) is 2.59. The summed E-state index contributed by atoms with van der Waals surface area (Å²) in [5.41, 5.74) is 0.419. The van der Waals surface area contributed by atoms with Crippen LogP contribution in [0.2, 0.25) is 0 Å². The van der Waals surface area contributed by atoms with E-state index in [2.05, 4.69) is 4.98 Å². The van der Waals surface area contributed by atoms with E-state index in [1.165, 1.54) is 0 Å². The topological polar surface area (TPSA) is 51.3 Å². The summed E-state index contributed by atoms with van der Waals surface area (Å²) in [6.07, 6.45) is 2.71. The zero-order valence-electron chi connectivity index (χ0n) is 11.3. The van der Waals surface area contributed by atoms with E-state index in [0.717, 1.165) is 22.7 Å². The van der Waals surface area contributed by atoms with Crippen LogP contribution in [0.25, 0.3) is 10.9 Å². The Morgan fingerprint density at radius 2 is 2.00 bits per heavy atom. The van der Waals surface area contributed by atoms with E-state index in [9.17, 15) is 4.79 Å². The highest BCUT2D eigenvalue weighted by molar-refractivity contribution is 6.62. The van der Waals surface area contributed by atoms with Crippen LogP contribution in [0.15, 0.2) is 30.5 Å². The molecule has 0 amide bonds. The van der Waals surface area contributed by atoms with Crippen molar-refractivity contribution < 1.29 is 14.1 Å². The van der Waals surface area contributed by atoms with Gasteiger partial charge in [-0.05, 0) is 43.8 Å². The molecule has 0 saturated carbocycles. The molecule has 1 aliphatic rings. The van der Waals surface area contributed by atoms with Gasteiger partial charge in [-0.1, -0.05) is 12.1 Å². The van der Waals surface area contributed by atoms with Crippen LogP contribution in [0.1, 0.15) is 20.8 Å².